The molecule has 0 aliphatic rings. The maximum atomic E-state index is 4.63. The normalized spacial score (nSPS) is 11.7. The van der Waals surface area contributed by atoms with E-state index in [1.165, 1.54) is 0 Å². The van der Waals surface area contributed by atoms with Crippen LogP contribution >= 0.6 is 15.9 Å². The second-order valence-electron chi connectivity index (χ2n) is 5.31. The third-order valence-electron chi connectivity index (χ3n) is 2.68. The van der Waals surface area contributed by atoms with Crippen LogP contribution in [0.1, 0.15) is 26.6 Å². The van der Waals surface area contributed by atoms with E-state index in [2.05, 4.69) is 62.3 Å². The van der Waals surface area contributed by atoms with Crippen LogP contribution in [0.2, 0.25) is 0 Å². The molecule has 0 saturated carbocycles. The van der Waals surface area contributed by atoms with Crippen LogP contribution in [0.25, 0.3) is 11.4 Å². The number of hydrogen-bond donors (Lipinski definition) is 1. The van der Waals surface area contributed by atoms with Gasteiger partial charge in [0.25, 0.3) is 0 Å². The highest BCUT2D eigenvalue weighted by Crippen LogP contribution is 2.28. The zero-order chi connectivity index (χ0) is 14.2. The third-order valence-corrected chi connectivity index (χ3v) is 3.22. The molecule has 0 fully saturated rings. The van der Waals surface area contributed by atoms with Gasteiger partial charge in [-0.3, -0.25) is 0 Å². The molecule has 7 heteroatoms. The SMILES string of the molecule is CNc1cc(-c2c(Br)nnn2C)nc(C(C)(C)C)n1. The van der Waals surface area contributed by atoms with Gasteiger partial charge in [0, 0.05) is 25.6 Å². The summed E-state index contributed by atoms with van der Waals surface area (Å²) >= 11 is 3.40. The van der Waals surface area contributed by atoms with E-state index in [4.69, 9.17) is 0 Å². The number of nitrogens with zero attached hydrogens (tertiary/aromatic N) is 5. The second kappa shape index (κ2) is 4.88. The lowest BCUT2D eigenvalue weighted by Crippen LogP contribution is -2.17. The van der Waals surface area contributed by atoms with Crippen molar-refractivity contribution in [2.24, 2.45) is 7.05 Å². The summed E-state index contributed by atoms with van der Waals surface area (Å²) in [6.07, 6.45) is 0. The zero-order valence-corrected chi connectivity index (χ0v) is 13.3. The van der Waals surface area contributed by atoms with Gasteiger partial charge in [0.15, 0.2) is 4.60 Å². The first-order valence-corrected chi connectivity index (χ1v) is 6.75. The Balaban J connectivity index is 2.64. The summed E-state index contributed by atoms with van der Waals surface area (Å²) in [6.45, 7) is 6.26. The number of hydrogen-bond acceptors (Lipinski definition) is 5. The molecule has 1 N–H and O–H groups in total. The number of anilines is 1. The van der Waals surface area contributed by atoms with Crippen LogP contribution in [0.15, 0.2) is 10.7 Å². The Hall–Kier alpha value is -1.50. The van der Waals surface area contributed by atoms with E-state index >= 15 is 0 Å². The molecule has 0 bridgehead atoms. The maximum Gasteiger partial charge on any atom is 0.157 e. The lowest BCUT2D eigenvalue weighted by molar-refractivity contribution is 0.546. The van der Waals surface area contributed by atoms with Crippen LogP contribution in [0, 0.1) is 0 Å². The summed E-state index contributed by atoms with van der Waals surface area (Å²) in [6, 6.07) is 1.89. The van der Waals surface area contributed by atoms with E-state index in [1.54, 1.807) is 4.68 Å². The smallest absolute Gasteiger partial charge is 0.157 e. The van der Waals surface area contributed by atoms with Gasteiger partial charge in [-0.05, 0) is 15.9 Å². The molecule has 102 valence electrons. The van der Waals surface area contributed by atoms with Gasteiger partial charge in [0.2, 0.25) is 0 Å². The monoisotopic (exact) mass is 324 g/mol. The number of halogens is 1. The van der Waals surface area contributed by atoms with Crippen LogP contribution in [-0.4, -0.2) is 32.0 Å². The fourth-order valence-corrected chi connectivity index (χ4v) is 2.17. The summed E-state index contributed by atoms with van der Waals surface area (Å²) in [4.78, 5) is 9.14. The topological polar surface area (TPSA) is 68.5 Å². The van der Waals surface area contributed by atoms with Crippen LogP contribution < -0.4 is 5.32 Å². The van der Waals surface area contributed by atoms with Gasteiger partial charge >= 0.3 is 0 Å². The van der Waals surface area contributed by atoms with Gasteiger partial charge in [-0.15, -0.1) is 5.10 Å². The Morgan fingerprint density at radius 2 is 1.95 bits per heavy atom. The van der Waals surface area contributed by atoms with E-state index in [0.29, 0.717) is 4.60 Å². The molecule has 2 aromatic rings. The number of aryl methyl sites for hydroxylation is 1. The van der Waals surface area contributed by atoms with Crippen LogP contribution in [0.5, 0.6) is 0 Å². The van der Waals surface area contributed by atoms with E-state index in [-0.39, 0.29) is 5.41 Å². The third kappa shape index (κ3) is 2.75. The average molecular weight is 325 g/mol. The molecule has 19 heavy (non-hydrogen) atoms. The van der Waals surface area contributed by atoms with E-state index in [9.17, 15) is 0 Å². The lowest BCUT2D eigenvalue weighted by Gasteiger charge is -2.18. The highest BCUT2D eigenvalue weighted by atomic mass is 79.9. The summed E-state index contributed by atoms with van der Waals surface area (Å²) < 4.78 is 2.37. The summed E-state index contributed by atoms with van der Waals surface area (Å²) in [5.41, 5.74) is 1.51. The molecule has 0 radical (unpaired) electrons. The Bertz CT molecular complexity index is 579. The number of rotatable bonds is 2. The molecule has 0 atom stereocenters. The molecule has 0 spiro atoms. The van der Waals surface area contributed by atoms with Crippen molar-refractivity contribution >= 4 is 21.7 Å². The second-order valence-corrected chi connectivity index (χ2v) is 6.07. The van der Waals surface area contributed by atoms with Crippen molar-refractivity contribution in [1.29, 1.82) is 0 Å². The fourth-order valence-electron chi connectivity index (χ4n) is 1.64. The molecule has 0 unspecified atom stereocenters. The Labute approximate surface area is 120 Å². The van der Waals surface area contributed by atoms with Crippen molar-refractivity contribution in [1.82, 2.24) is 25.0 Å². The van der Waals surface area contributed by atoms with Crippen LogP contribution in [0.3, 0.4) is 0 Å². The molecular weight excluding hydrogens is 308 g/mol. The zero-order valence-electron chi connectivity index (χ0n) is 11.7. The van der Waals surface area contributed by atoms with Gasteiger partial charge in [-0.2, -0.15) is 0 Å². The minimum Gasteiger partial charge on any atom is -0.373 e. The standard InChI is InChI=1S/C12H17BrN6/c1-12(2,3)11-15-7(6-8(14-4)16-11)9-10(13)17-18-19(9)5/h6H,1-5H3,(H,14,15,16). The summed E-state index contributed by atoms with van der Waals surface area (Å²) in [5, 5.41) is 11.0. The van der Waals surface area contributed by atoms with Crippen LogP contribution in [-0.2, 0) is 12.5 Å². The minimum atomic E-state index is -0.125. The van der Waals surface area contributed by atoms with Crippen LogP contribution in [0.4, 0.5) is 5.82 Å². The van der Waals surface area contributed by atoms with Gasteiger partial charge < -0.3 is 5.32 Å². The number of nitrogens with one attached hydrogen (secondary N) is 1. The average Bonchev–Trinajstić information content (AvgIpc) is 2.67. The van der Waals surface area contributed by atoms with E-state index < -0.39 is 0 Å². The molecule has 2 rings (SSSR count). The van der Waals surface area contributed by atoms with Crippen molar-refractivity contribution in [3.05, 3.63) is 16.5 Å². The van der Waals surface area contributed by atoms with E-state index in [0.717, 1.165) is 23.0 Å². The predicted octanol–water partition coefficient (Wildman–Crippen LogP) is 2.37. The first kappa shape index (κ1) is 13.9. The predicted molar refractivity (Wildman–Crippen MR) is 78.0 cm³/mol. The highest BCUT2D eigenvalue weighted by molar-refractivity contribution is 9.10. The summed E-state index contributed by atoms with van der Waals surface area (Å²) in [7, 11) is 3.68. The molecule has 0 aliphatic heterocycles. The molecule has 0 aromatic carbocycles. The maximum absolute atomic E-state index is 4.63. The van der Waals surface area contributed by atoms with Crippen molar-refractivity contribution in [3.63, 3.8) is 0 Å². The molecule has 2 aromatic heterocycles. The van der Waals surface area contributed by atoms with Gasteiger partial charge in [-0.25, -0.2) is 14.6 Å². The Morgan fingerprint density at radius 3 is 2.42 bits per heavy atom. The number of aromatic nitrogens is 5. The van der Waals surface area contributed by atoms with Gasteiger partial charge in [0.05, 0.1) is 5.69 Å². The minimum absolute atomic E-state index is 0.125. The molecule has 6 nitrogen and oxygen atoms in total. The van der Waals surface area contributed by atoms with Crippen molar-refractivity contribution in [2.75, 3.05) is 12.4 Å². The van der Waals surface area contributed by atoms with Crippen molar-refractivity contribution < 1.29 is 0 Å². The molecule has 0 saturated heterocycles. The molecule has 0 aliphatic carbocycles. The largest absolute Gasteiger partial charge is 0.373 e. The lowest BCUT2D eigenvalue weighted by atomic mass is 9.95. The Kier molecular flexibility index (Phi) is 3.58. The quantitative estimate of drug-likeness (QED) is 0.918. The summed E-state index contributed by atoms with van der Waals surface area (Å²) in [5.74, 6) is 1.56. The Morgan fingerprint density at radius 1 is 1.26 bits per heavy atom. The molecule has 0 amide bonds. The fraction of sp³-hybridized carbons (Fsp3) is 0.500. The highest BCUT2D eigenvalue weighted by Gasteiger charge is 2.21. The van der Waals surface area contributed by atoms with E-state index in [1.807, 2.05) is 20.2 Å². The van der Waals surface area contributed by atoms with Crippen molar-refractivity contribution in [3.8, 4) is 11.4 Å². The first-order chi connectivity index (χ1) is 8.82. The molecular formula is C12H17BrN6. The van der Waals surface area contributed by atoms with Gasteiger partial charge in [0.1, 0.15) is 17.3 Å². The van der Waals surface area contributed by atoms with Crippen molar-refractivity contribution in [2.45, 2.75) is 26.2 Å². The van der Waals surface area contributed by atoms with Gasteiger partial charge in [-0.1, -0.05) is 26.0 Å². The first-order valence-electron chi connectivity index (χ1n) is 5.96. The molecule has 2 heterocycles.